The van der Waals surface area contributed by atoms with Gasteiger partial charge in [-0.25, -0.2) is 14.4 Å². The van der Waals surface area contributed by atoms with E-state index in [0.29, 0.717) is 6.61 Å². The first-order valence-corrected chi connectivity index (χ1v) is 7.03. The predicted molar refractivity (Wildman–Crippen MR) is 84.6 cm³/mol. The highest BCUT2D eigenvalue weighted by atomic mass is 16.5. The van der Waals surface area contributed by atoms with E-state index in [-0.39, 0.29) is 31.2 Å². The van der Waals surface area contributed by atoms with Gasteiger partial charge in [-0.2, -0.15) is 0 Å². The van der Waals surface area contributed by atoms with Gasteiger partial charge in [-0.3, -0.25) is 0 Å². The first-order valence-electron chi connectivity index (χ1n) is 7.03. The molecule has 130 valence electrons. The molecule has 7 heteroatoms. The summed E-state index contributed by atoms with van der Waals surface area (Å²) in [5.74, 6) is -2.04. The Labute approximate surface area is 135 Å². The van der Waals surface area contributed by atoms with Crippen molar-refractivity contribution in [1.82, 2.24) is 0 Å². The molecule has 0 saturated carbocycles. The first kappa shape index (κ1) is 22.9. The zero-order chi connectivity index (χ0) is 18.1. The van der Waals surface area contributed by atoms with Crippen molar-refractivity contribution in [1.29, 1.82) is 0 Å². The van der Waals surface area contributed by atoms with Crippen LogP contribution in [0.5, 0.6) is 0 Å². The average Bonchev–Trinajstić information content (AvgIpc) is 2.52. The van der Waals surface area contributed by atoms with Crippen LogP contribution < -0.4 is 0 Å². The molecule has 0 fully saturated rings. The molecule has 2 N–H and O–H groups in total. The number of carbonyl (C=O) groups is 3. The van der Waals surface area contributed by atoms with E-state index in [2.05, 4.69) is 22.6 Å². The number of allylic oxidation sites excluding steroid dienone is 1. The number of carboxylic acid groups (broad SMARTS) is 1. The van der Waals surface area contributed by atoms with Crippen molar-refractivity contribution in [3.05, 3.63) is 37.0 Å². The highest BCUT2D eigenvalue weighted by Gasteiger charge is 2.05. The van der Waals surface area contributed by atoms with Crippen molar-refractivity contribution >= 4 is 17.9 Å². The summed E-state index contributed by atoms with van der Waals surface area (Å²) in [6.45, 7) is 8.90. The second-order valence-corrected chi connectivity index (χ2v) is 4.13. The van der Waals surface area contributed by atoms with Crippen LogP contribution in [0.4, 0.5) is 0 Å². The number of carboxylic acids is 1. The third-order valence-electron chi connectivity index (χ3n) is 2.15. The van der Waals surface area contributed by atoms with Crippen molar-refractivity contribution in [3.8, 4) is 0 Å². The van der Waals surface area contributed by atoms with Gasteiger partial charge in [-0.15, -0.1) is 0 Å². The Morgan fingerprint density at radius 2 is 1.83 bits per heavy atom. The predicted octanol–water partition coefficient (Wildman–Crippen LogP) is 1.62. The Morgan fingerprint density at radius 1 is 1.17 bits per heavy atom. The number of aliphatic carboxylic acids is 1. The fraction of sp³-hybridized carbons (Fsp3) is 0.438. The van der Waals surface area contributed by atoms with Gasteiger partial charge in [0.05, 0.1) is 13.2 Å². The van der Waals surface area contributed by atoms with Crippen LogP contribution >= 0.6 is 0 Å². The first-order chi connectivity index (χ1) is 10.9. The summed E-state index contributed by atoms with van der Waals surface area (Å²) in [6.07, 6.45) is 5.49. The minimum absolute atomic E-state index is 0.0828. The van der Waals surface area contributed by atoms with E-state index in [4.69, 9.17) is 10.2 Å². The molecule has 0 rings (SSSR count). The molecule has 0 aromatic rings. The van der Waals surface area contributed by atoms with Crippen LogP contribution in [0.3, 0.4) is 0 Å². The second-order valence-electron chi connectivity index (χ2n) is 4.13. The van der Waals surface area contributed by atoms with E-state index in [1.54, 1.807) is 0 Å². The summed E-state index contributed by atoms with van der Waals surface area (Å²) in [6, 6.07) is 0. The molecule has 0 heterocycles. The van der Waals surface area contributed by atoms with E-state index in [9.17, 15) is 14.4 Å². The number of carbonyl (C=O) groups excluding carboxylic acids is 2. The molecule has 0 atom stereocenters. The number of rotatable bonds is 10. The number of unbranched alkanes of at least 4 members (excludes halogenated alkanes) is 1. The Balaban J connectivity index is 0. The molecular weight excluding hydrogens is 304 g/mol. The van der Waals surface area contributed by atoms with Gasteiger partial charge >= 0.3 is 17.9 Å². The van der Waals surface area contributed by atoms with Crippen LogP contribution in [-0.2, 0) is 23.9 Å². The monoisotopic (exact) mass is 328 g/mol. The average molecular weight is 328 g/mol. The van der Waals surface area contributed by atoms with E-state index in [1.165, 1.54) is 12.2 Å². The van der Waals surface area contributed by atoms with Crippen molar-refractivity contribution in [2.24, 2.45) is 0 Å². The van der Waals surface area contributed by atoms with Gasteiger partial charge in [0.15, 0.2) is 0 Å². The zero-order valence-corrected chi connectivity index (χ0v) is 13.3. The number of ether oxygens (including phenoxy) is 2. The highest BCUT2D eigenvalue weighted by molar-refractivity contribution is 5.88. The van der Waals surface area contributed by atoms with Crippen molar-refractivity contribution in [2.45, 2.75) is 26.2 Å². The van der Waals surface area contributed by atoms with Crippen LogP contribution in [0.15, 0.2) is 37.0 Å². The summed E-state index contributed by atoms with van der Waals surface area (Å²) >= 11 is 0. The molecule has 0 aromatic carbocycles. The van der Waals surface area contributed by atoms with Crippen LogP contribution in [0.1, 0.15) is 26.2 Å². The molecule has 0 aliphatic carbocycles. The Hall–Kier alpha value is -2.41. The molecule has 23 heavy (non-hydrogen) atoms. The minimum atomic E-state index is -1.08. The number of esters is 2. The number of aliphatic hydroxyl groups excluding tert-OH is 1. The summed E-state index contributed by atoms with van der Waals surface area (Å²) in [4.78, 5) is 31.4. The Kier molecular flexibility index (Phi) is 15.9. The Bertz CT molecular complexity index is 424. The molecule has 0 bridgehead atoms. The normalized spacial score (nSPS) is 9.48. The fourth-order valence-corrected chi connectivity index (χ4v) is 1.00. The largest absolute Gasteiger partial charge is 0.478 e. The molecule has 0 saturated heterocycles. The minimum Gasteiger partial charge on any atom is -0.478 e. The number of hydrogen-bond donors (Lipinski definition) is 2. The topological polar surface area (TPSA) is 110 Å². The summed E-state index contributed by atoms with van der Waals surface area (Å²) in [5.41, 5.74) is 0.149. The van der Waals surface area contributed by atoms with E-state index in [0.717, 1.165) is 18.9 Å². The van der Waals surface area contributed by atoms with E-state index in [1.807, 2.05) is 6.92 Å². The molecule has 0 amide bonds. The van der Waals surface area contributed by atoms with Crippen molar-refractivity contribution in [2.75, 3.05) is 19.8 Å². The van der Waals surface area contributed by atoms with Gasteiger partial charge in [0.25, 0.3) is 0 Å². The van der Waals surface area contributed by atoms with Gasteiger partial charge in [-0.05, 0) is 12.8 Å². The molecule has 0 aliphatic heterocycles. The van der Waals surface area contributed by atoms with Crippen LogP contribution in [0, 0.1) is 0 Å². The Morgan fingerprint density at radius 3 is 2.30 bits per heavy atom. The summed E-state index contributed by atoms with van der Waals surface area (Å²) < 4.78 is 9.22. The lowest BCUT2D eigenvalue weighted by atomic mass is 10.2. The molecule has 0 aromatic heterocycles. The quantitative estimate of drug-likeness (QED) is 0.356. The fourth-order valence-electron chi connectivity index (χ4n) is 1.00. The molecule has 0 aliphatic rings. The summed E-state index contributed by atoms with van der Waals surface area (Å²) in [5, 5.41) is 16.6. The summed E-state index contributed by atoms with van der Waals surface area (Å²) in [7, 11) is 0. The lowest BCUT2D eigenvalue weighted by molar-refractivity contribution is -0.140. The van der Waals surface area contributed by atoms with Crippen LogP contribution in [0.25, 0.3) is 0 Å². The zero-order valence-electron chi connectivity index (χ0n) is 13.3. The molecule has 7 nitrogen and oxygen atoms in total. The highest BCUT2D eigenvalue weighted by Crippen LogP contribution is 2.01. The third-order valence-corrected chi connectivity index (χ3v) is 2.15. The van der Waals surface area contributed by atoms with Gasteiger partial charge in [0, 0.05) is 17.7 Å². The van der Waals surface area contributed by atoms with E-state index >= 15 is 0 Å². The number of hydrogen-bond acceptors (Lipinski definition) is 6. The second kappa shape index (κ2) is 16.0. The third kappa shape index (κ3) is 17.5. The van der Waals surface area contributed by atoms with Gasteiger partial charge in [0.1, 0.15) is 6.61 Å². The lowest BCUT2D eigenvalue weighted by Crippen LogP contribution is -2.09. The molecule has 0 unspecified atom stereocenters. The lowest BCUT2D eigenvalue weighted by Gasteiger charge is -2.02. The van der Waals surface area contributed by atoms with Gasteiger partial charge in [-0.1, -0.05) is 32.6 Å². The SMILES string of the molecule is C=C(CC=CC(=O)O)C(=O)OCCO.C=CC(=O)OCCCC. The standard InChI is InChI=1S/C9H12O5.C7H12O2/c1-7(3-2-4-8(11)12)9(13)14-6-5-10;1-3-5-6-9-7(8)4-2/h2,4,10H,1,3,5-6H2,(H,11,12);4H,2-3,5-6H2,1H3. The van der Waals surface area contributed by atoms with Crippen molar-refractivity contribution in [3.63, 3.8) is 0 Å². The number of aliphatic hydroxyl groups is 1. The maximum atomic E-state index is 11.0. The smallest absolute Gasteiger partial charge is 0.333 e. The van der Waals surface area contributed by atoms with Crippen LogP contribution in [-0.4, -0.2) is 47.9 Å². The maximum absolute atomic E-state index is 11.0. The van der Waals surface area contributed by atoms with Crippen LogP contribution in [0.2, 0.25) is 0 Å². The van der Waals surface area contributed by atoms with E-state index < -0.39 is 11.9 Å². The van der Waals surface area contributed by atoms with Gasteiger partial charge in [0.2, 0.25) is 0 Å². The molecular formula is C16H24O7. The maximum Gasteiger partial charge on any atom is 0.333 e. The van der Waals surface area contributed by atoms with Gasteiger partial charge < -0.3 is 19.7 Å². The molecule has 0 radical (unpaired) electrons. The molecule has 0 spiro atoms. The van der Waals surface area contributed by atoms with Crippen molar-refractivity contribution < 1.29 is 34.1 Å².